The van der Waals surface area contributed by atoms with Gasteiger partial charge in [-0.25, -0.2) is 9.46 Å². The number of carbonyl (C=O) groups excluding carboxylic acids is 1. The van der Waals surface area contributed by atoms with Crippen LogP contribution in [0.25, 0.3) is 0 Å². The van der Waals surface area contributed by atoms with Crippen molar-refractivity contribution in [2.24, 2.45) is 0 Å². The summed E-state index contributed by atoms with van der Waals surface area (Å²) in [6.45, 7) is 12.7. The van der Waals surface area contributed by atoms with E-state index in [1.54, 1.807) is 42.4 Å². The molecular formula is C29H41N6O6P. The van der Waals surface area contributed by atoms with Crippen LogP contribution >= 0.6 is 8.53 Å². The molecule has 0 spiro atoms. The summed E-state index contributed by atoms with van der Waals surface area (Å²) in [5.74, 6) is -0.176. The van der Waals surface area contributed by atoms with Gasteiger partial charge in [-0.3, -0.25) is 14.2 Å². The molecule has 0 radical (unpaired) electrons. The van der Waals surface area contributed by atoms with Crippen LogP contribution in [-0.2, 0) is 18.6 Å². The van der Waals surface area contributed by atoms with E-state index in [2.05, 4.69) is 48.7 Å². The predicted molar refractivity (Wildman–Crippen MR) is 158 cm³/mol. The van der Waals surface area contributed by atoms with E-state index in [4.69, 9.17) is 23.9 Å². The number of hydrogen-bond acceptors (Lipinski definition) is 10. The maximum Gasteiger partial charge on any atom is 0.351 e. The van der Waals surface area contributed by atoms with Crippen molar-refractivity contribution in [3.8, 4) is 6.07 Å². The van der Waals surface area contributed by atoms with Gasteiger partial charge in [-0.05, 0) is 53.2 Å². The number of carbonyl (C=O) groups is 1. The molecule has 42 heavy (non-hydrogen) atoms. The molecule has 0 aliphatic carbocycles. The van der Waals surface area contributed by atoms with Crippen LogP contribution < -0.4 is 11.0 Å². The molecule has 4 rings (SSSR count). The highest BCUT2D eigenvalue weighted by Crippen LogP contribution is 2.54. The summed E-state index contributed by atoms with van der Waals surface area (Å²) in [4.78, 5) is 36.6. The molecule has 13 heteroatoms. The number of hydroxylamine groups is 2. The molecule has 2 aliphatic rings. The molecule has 1 N–H and O–H groups in total. The zero-order chi connectivity index (χ0) is 30.6. The van der Waals surface area contributed by atoms with E-state index in [1.807, 2.05) is 20.0 Å². The largest absolute Gasteiger partial charge is 0.351 e. The van der Waals surface area contributed by atoms with Crippen LogP contribution in [-0.4, -0.2) is 75.3 Å². The van der Waals surface area contributed by atoms with Gasteiger partial charge in [0.1, 0.15) is 17.5 Å². The van der Waals surface area contributed by atoms with Gasteiger partial charge in [-0.15, -0.1) is 0 Å². The molecule has 12 nitrogen and oxygen atoms in total. The Morgan fingerprint density at radius 1 is 1.29 bits per heavy atom. The molecule has 2 saturated heterocycles. The van der Waals surface area contributed by atoms with Crippen LogP contribution in [0.15, 0.2) is 41.3 Å². The van der Waals surface area contributed by atoms with Crippen molar-refractivity contribution in [3.05, 3.63) is 58.1 Å². The lowest BCUT2D eigenvalue weighted by molar-refractivity contribution is -0.248. The van der Waals surface area contributed by atoms with Gasteiger partial charge in [0.25, 0.3) is 14.4 Å². The summed E-state index contributed by atoms with van der Waals surface area (Å²) in [5, 5.41) is 13.6. The first-order valence-electron chi connectivity index (χ1n) is 14.3. The third-order valence-electron chi connectivity index (χ3n) is 7.39. The first kappa shape index (κ1) is 32.2. The molecule has 2 aliphatic heterocycles. The third-order valence-corrected chi connectivity index (χ3v) is 9.50. The van der Waals surface area contributed by atoms with Crippen LogP contribution in [0.1, 0.15) is 69.6 Å². The number of ether oxygens (including phenoxy) is 1. The van der Waals surface area contributed by atoms with Gasteiger partial charge in [0.2, 0.25) is 0 Å². The number of anilines is 1. The van der Waals surface area contributed by atoms with Crippen molar-refractivity contribution in [1.29, 1.82) is 5.26 Å². The topological polar surface area (TPSA) is 131 Å². The highest BCUT2D eigenvalue weighted by Gasteiger charge is 2.62. The van der Waals surface area contributed by atoms with Crippen molar-refractivity contribution in [2.45, 2.75) is 90.5 Å². The molecule has 0 saturated carbocycles. The number of fused-ring (bicyclic) bond motifs is 2. The molecule has 1 aromatic carbocycles. The van der Waals surface area contributed by atoms with Crippen LogP contribution in [0.5, 0.6) is 0 Å². The lowest BCUT2D eigenvalue weighted by Crippen LogP contribution is -2.57. The predicted octanol–water partition coefficient (Wildman–Crippen LogP) is 4.39. The number of benzene rings is 1. The molecule has 1 unspecified atom stereocenters. The summed E-state index contributed by atoms with van der Waals surface area (Å²) in [5.41, 5.74) is -0.332. The van der Waals surface area contributed by atoms with E-state index in [0.717, 1.165) is 0 Å². The van der Waals surface area contributed by atoms with Crippen LogP contribution in [0.3, 0.4) is 0 Å². The fraction of sp³-hybridized carbons (Fsp3) is 0.586. The second kappa shape index (κ2) is 13.7. The Morgan fingerprint density at radius 3 is 2.60 bits per heavy atom. The minimum absolute atomic E-state index is 0.116. The van der Waals surface area contributed by atoms with E-state index >= 15 is 0 Å². The number of aromatic nitrogens is 2. The Kier molecular flexibility index (Phi) is 10.5. The van der Waals surface area contributed by atoms with Crippen molar-refractivity contribution >= 4 is 20.3 Å². The van der Waals surface area contributed by atoms with Crippen LogP contribution in [0.4, 0.5) is 5.82 Å². The Balaban J connectivity index is 1.66. The normalized spacial score (nSPS) is 24.7. The zero-order valence-electron chi connectivity index (χ0n) is 25.3. The quantitative estimate of drug-likeness (QED) is 0.276. The minimum Gasteiger partial charge on any atom is -0.344 e. The SMILES string of the molecule is CC[C@@]12CN(C)O[C@@H]([C@H](n3cc(C)c(NC(=O)c4ccccc4)nc3=O)O1)[C@@H]2OP(OCCC#N)N(C(C)C)C(C)C. The number of amides is 1. The standard InChI is InChI=1S/C29H41N6O6P/c1-8-29-18-33(7)40-23(24(29)41-42(38-16-12-15-30)35(19(2)3)20(4)5)27(39-29)34-17-21(6)25(32-28(34)37)31-26(36)22-13-10-9-11-14-22/h9-11,13-14,17,19-20,23-24,27H,8,12,16,18H2,1-7H3,(H,31,32,36,37)/t23-,24+,27-,29+,42?/m1/s1. The Morgan fingerprint density at radius 2 is 1.98 bits per heavy atom. The summed E-state index contributed by atoms with van der Waals surface area (Å²) >= 11 is 0. The van der Waals surface area contributed by atoms with Crippen molar-refractivity contribution in [1.82, 2.24) is 19.3 Å². The molecule has 2 fully saturated rings. The first-order valence-corrected chi connectivity index (χ1v) is 15.4. The van der Waals surface area contributed by atoms with Gasteiger partial charge in [0.15, 0.2) is 12.3 Å². The van der Waals surface area contributed by atoms with Gasteiger partial charge in [0.05, 0.1) is 25.6 Å². The average molecular weight is 601 g/mol. The number of hydrogen-bond donors (Lipinski definition) is 1. The zero-order valence-corrected chi connectivity index (χ0v) is 26.2. The summed E-state index contributed by atoms with van der Waals surface area (Å²) in [6, 6.07) is 11.1. The van der Waals surface area contributed by atoms with Gasteiger partial charge >= 0.3 is 5.69 Å². The molecular weight excluding hydrogens is 559 g/mol. The summed E-state index contributed by atoms with van der Waals surface area (Å²) in [6.07, 6.45) is 0.381. The maximum atomic E-state index is 13.4. The second-order valence-corrected chi connectivity index (χ2v) is 12.5. The summed E-state index contributed by atoms with van der Waals surface area (Å²) < 4.78 is 23.2. The van der Waals surface area contributed by atoms with E-state index in [1.165, 1.54) is 4.57 Å². The van der Waals surface area contributed by atoms with E-state index in [0.29, 0.717) is 24.1 Å². The average Bonchev–Trinajstić information content (AvgIpc) is 3.12. The van der Waals surface area contributed by atoms with Crippen molar-refractivity contribution in [2.75, 3.05) is 25.5 Å². The van der Waals surface area contributed by atoms with Gasteiger partial charge in [-0.1, -0.05) is 25.1 Å². The molecule has 5 atom stereocenters. The van der Waals surface area contributed by atoms with Crippen LogP contribution in [0, 0.1) is 18.3 Å². The maximum absolute atomic E-state index is 13.4. The van der Waals surface area contributed by atoms with E-state index < -0.39 is 38.3 Å². The Hall–Kier alpha value is -2.75. The van der Waals surface area contributed by atoms with Crippen molar-refractivity contribution in [3.63, 3.8) is 0 Å². The smallest absolute Gasteiger partial charge is 0.344 e. The molecule has 3 heterocycles. The number of nitrogens with zero attached hydrogens (tertiary/aromatic N) is 5. The second-order valence-electron chi connectivity index (χ2n) is 11.1. The van der Waals surface area contributed by atoms with Crippen molar-refractivity contribution < 1.29 is 23.4 Å². The van der Waals surface area contributed by atoms with Crippen LogP contribution in [0.2, 0.25) is 0 Å². The molecule has 2 bridgehead atoms. The number of likely N-dealkylation sites (N-methyl/N-ethyl adjacent to an activating group) is 1. The number of nitrogens with one attached hydrogen (secondary N) is 1. The molecule has 1 aromatic heterocycles. The Bertz CT molecular complexity index is 1330. The van der Waals surface area contributed by atoms with E-state index in [-0.39, 0.29) is 36.8 Å². The first-order chi connectivity index (χ1) is 20.0. The number of nitriles is 1. The highest BCUT2D eigenvalue weighted by molar-refractivity contribution is 7.44. The van der Waals surface area contributed by atoms with E-state index in [9.17, 15) is 9.59 Å². The molecule has 1 amide bonds. The van der Waals surface area contributed by atoms with Gasteiger partial charge in [0, 0.05) is 36.5 Å². The molecule has 2 aromatic rings. The fourth-order valence-electron chi connectivity index (χ4n) is 5.48. The molecule has 228 valence electrons. The lowest BCUT2D eigenvalue weighted by Gasteiger charge is -2.44. The summed E-state index contributed by atoms with van der Waals surface area (Å²) in [7, 11) is 0.240. The fourth-order valence-corrected chi connectivity index (χ4v) is 7.29. The Labute approximate surface area is 248 Å². The lowest BCUT2D eigenvalue weighted by atomic mass is 9.91. The van der Waals surface area contributed by atoms with Gasteiger partial charge < -0.3 is 19.1 Å². The monoisotopic (exact) mass is 600 g/mol. The highest BCUT2D eigenvalue weighted by atomic mass is 31.2. The third kappa shape index (κ3) is 6.74. The minimum atomic E-state index is -1.59. The number of rotatable bonds is 12. The number of aryl methyl sites for hydroxylation is 1. The van der Waals surface area contributed by atoms with Gasteiger partial charge in [-0.2, -0.15) is 15.3 Å².